The summed E-state index contributed by atoms with van der Waals surface area (Å²) in [7, 11) is 1.90. The second-order valence-electron chi connectivity index (χ2n) is 3.83. The molecule has 0 radical (unpaired) electrons. The smallest absolute Gasteiger partial charge is 0.125 e. The molecular weight excluding hydrogens is 204 g/mol. The van der Waals surface area contributed by atoms with Crippen LogP contribution in [0.4, 0.5) is 5.82 Å². The highest BCUT2D eigenvalue weighted by Gasteiger charge is 2.00. The Balaban J connectivity index is 2.37. The molecular formula is C12H20N2S. The van der Waals surface area contributed by atoms with E-state index in [1.807, 2.05) is 25.0 Å². The number of rotatable bonds is 6. The largest absolute Gasteiger partial charge is 0.373 e. The van der Waals surface area contributed by atoms with Gasteiger partial charge < -0.3 is 5.32 Å². The number of hydrogen-bond acceptors (Lipinski definition) is 3. The zero-order valence-electron chi connectivity index (χ0n) is 9.79. The summed E-state index contributed by atoms with van der Waals surface area (Å²) < 4.78 is 0. The second kappa shape index (κ2) is 6.72. The zero-order valence-corrected chi connectivity index (χ0v) is 10.6. The van der Waals surface area contributed by atoms with Crippen LogP contribution in [0.2, 0.25) is 0 Å². The van der Waals surface area contributed by atoms with Gasteiger partial charge in [-0.3, -0.25) is 0 Å². The lowest BCUT2D eigenvalue weighted by Gasteiger charge is -2.08. The third kappa shape index (κ3) is 4.56. The minimum absolute atomic E-state index is 0.820. The molecule has 3 heteroatoms. The van der Waals surface area contributed by atoms with Crippen molar-refractivity contribution in [2.24, 2.45) is 5.92 Å². The van der Waals surface area contributed by atoms with Crippen LogP contribution in [-0.4, -0.2) is 17.8 Å². The topological polar surface area (TPSA) is 24.9 Å². The number of nitrogens with one attached hydrogen (secondary N) is 1. The normalized spacial score (nSPS) is 12.5. The Morgan fingerprint density at radius 1 is 1.53 bits per heavy atom. The van der Waals surface area contributed by atoms with Crippen LogP contribution in [0.1, 0.15) is 25.8 Å². The highest BCUT2D eigenvalue weighted by molar-refractivity contribution is 7.98. The minimum atomic E-state index is 0.820. The molecule has 0 aliphatic rings. The Kier molecular flexibility index (Phi) is 5.54. The predicted octanol–water partition coefficient (Wildman–Crippen LogP) is 3.40. The lowest BCUT2D eigenvalue weighted by molar-refractivity contribution is 0.637. The van der Waals surface area contributed by atoms with Crippen molar-refractivity contribution >= 4 is 17.6 Å². The molecule has 0 saturated heterocycles. The van der Waals surface area contributed by atoms with E-state index in [2.05, 4.69) is 36.3 Å². The summed E-state index contributed by atoms with van der Waals surface area (Å²) in [5, 5.41) is 3.06. The summed E-state index contributed by atoms with van der Waals surface area (Å²) in [5.41, 5.74) is 1.35. The molecule has 1 atom stereocenters. The first-order valence-corrected chi connectivity index (χ1v) is 6.62. The Morgan fingerprint density at radius 2 is 2.33 bits per heavy atom. The van der Waals surface area contributed by atoms with E-state index < -0.39 is 0 Å². The lowest BCUT2D eigenvalue weighted by Crippen LogP contribution is -1.97. The molecule has 84 valence electrons. The fourth-order valence-electron chi connectivity index (χ4n) is 1.20. The molecule has 0 aromatic carbocycles. The molecule has 1 aromatic heterocycles. The molecule has 1 rings (SSSR count). The summed E-state index contributed by atoms with van der Waals surface area (Å²) in [4.78, 5) is 4.20. The van der Waals surface area contributed by atoms with Gasteiger partial charge in [-0.25, -0.2) is 4.98 Å². The average molecular weight is 224 g/mol. The summed E-state index contributed by atoms with van der Waals surface area (Å²) in [6.07, 6.45) is 3.14. The van der Waals surface area contributed by atoms with Gasteiger partial charge in [0.15, 0.2) is 0 Å². The summed E-state index contributed by atoms with van der Waals surface area (Å²) >= 11 is 2.00. The van der Waals surface area contributed by atoms with E-state index in [9.17, 15) is 0 Å². The fraction of sp³-hybridized carbons (Fsp3) is 0.583. The van der Waals surface area contributed by atoms with Gasteiger partial charge in [-0.15, -0.1) is 0 Å². The standard InChI is InChI=1S/C12H20N2S/c1-4-10(2)8-15-9-11-5-6-14-12(7-11)13-3/h5-7,10H,4,8-9H2,1-3H3,(H,13,14). The number of nitrogens with zero attached hydrogens (tertiary/aromatic N) is 1. The van der Waals surface area contributed by atoms with E-state index in [0.717, 1.165) is 17.5 Å². The Morgan fingerprint density at radius 3 is 3.00 bits per heavy atom. The molecule has 0 saturated carbocycles. The number of hydrogen-bond donors (Lipinski definition) is 1. The monoisotopic (exact) mass is 224 g/mol. The quantitative estimate of drug-likeness (QED) is 0.801. The van der Waals surface area contributed by atoms with Crippen molar-refractivity contribution in [2.45, 2.75) is 26.0 Å². The van der Waals surface area contributed by atoms with Crippen LogP contribution < -0.4 is 5.32 Å². The Bertz CT molecular complexity index is 289. The molecule has 1 unspecified atom stereocenters. The van der Waals surface area contributed by atoms with Gasteiger partial charge in [0.25, 0.3) is 0 Å². The van der Waals surface area contributed by atoms with Gasteiger partial charge in [0, 0.05) is 19.0 Å². The first kappa shape index (κ1) is 12.4. The van der Waals surface area contributed by atoms with Crippen molar-refractivity contribution in [1.82, 2.24) is 4.98 Å². The Hall–Kier alpha value is -0.700. The van der Waals surface area contributed by atoms with Gasteiger partial charge >= 0.3 is 0 Å². The van der Waals surface area contributed by atoms with Crippen LogP contribution in [0.25, 0.3) is 0 Å². The maximum Gasteiger partial charge on any atom is 0.125 e. The van der Waals surface area contributed by atoms with E-state index in [-0.39, 0.29) is 0 Å². The molecule has 0 fully saturated rings. The van der Waals surface area contributed by atoms with Gasteiger partial charge in [0.2, 0.25) is 0 Å². The van der Waals surface area contributed by atoms with Crippen LogP contribution in [0.3, 0.4) is 0 Å². The van der Waals surface area contributed by atoms with Crippen LogP contribution in [-0.2, 0) is 5.75 Å². The van der Waals surface area contributed by atoms with Crippen molar-refractivity contribution in [3.8, 4) is 0 Å². The Labute approximate surface area is 96.9 Å². The number of aromatic nitrogens is 1. The van der Waals surface area contributed by atoms with Crippen LogP contribution >= 0.6 is 11.8 Å². The first-order valence-electron chi connectivity index (χ1n) is 5.46. The van der Waals surface area contributed by atoms with Crippen LogP contribution in [0.5, 0.6) is 0 Å². The minimum Gasteiger partial charge on any atom is -0.373 e. The second-order valence-corrected chi connectivity index (χ2v) is 4.86. The molecule has 0 aliphatic heterocycles. The van der Waals surface area contributed by atoms with Gasteiger partial charge in [-0.1, -0.05) is 20.3 Å². The number of pyridine rings is 1. The highest BCUT2D eigenvalue weighted by atomic mass is 32.2. The van der Waals surface area contributed by atoms with Crippen molar-refractivity contribution in [1.29, 1.82) is 0 Å². The molecule has 0 amide bonds. The summed E-state index contributed by atoms with van der Waals surface area (Å²) in [5.74, 6) is 4.10. The maximum absolute atomic E-state index is 4.20. The number of thioether (sulfide) groups is 1. The molecule has 2 nitrogen and oxygen atoms in total. The van der Waals surface area contributed by atoms with Gasteiger partial charge in [-0.2, -0.15) is 11.8 Å². The lowest BCUT2D eigenvalue weighted by atomic mass is 10.2. The molecule has 15 heavy (non-hydrogen) atoms. The maximum atomic E-state index is 4.20. The fourth-order valence-corrected chi connectivity index (χ4v) is 2.37. The van der Waals surface area contributed by atoms with E-state index in [4.69, 9.17) is 0 Å². The van der Waals surface area contributed by atoms with E-state index in [0.29, 0.717) is 0 Å². The van der Waals surface area contributed by atoms with Gasteiger partial charge in [-0.05, 0) is 29.4 Å². The number of anilines is 1. The third-order valence-electron chi connectivity index (χ3n) is 2.45. The summed E-state index contributed by atoms with van der Waals surface area (Å²) in [6, 6.07) is 4.20. The van der Waals surface area contributed by atoms with E-state index in [1.54, 1.807) is 0 Å². The molecule has 0 bridgehead atoms. The van der Waals surface area contributed by atoms with Crippen LogP contribution in [0.15, 0.2) is 18.3 Å². The SMILES string of the molecule is CCC(C)CSCc1ccnc(NC)c1. The van der Waals surface area contributed by atoms with Crippen molar-refractivity contribution in [3.05, 3.63) is 23.9 Å². The molecule has 1 N–H and O–H groups in total. The summed E-state index contributed by atoms with van der Waals surface area (Å²) in [6.45, 7) is 4.55. The van der Waals surface area contributed by atoms with E-state index >= 15 is 0 Å². The third-order valence-corrected chi connectivity index (χ3v) is 3.79. The molecule has 0 aliphatic carbocycles. The average Bonchev–Trinajstić information content (AvgIpc) is 2.29. The van der Waals surface area contributed by atoms with Gasteiger partial charge in [0.05, 0.1) is 0 Å². The van der Waals surface area contributed by atoms with Crippen molar-refractivity contribution in [3.63, 3.8) is 0 Å². The molecule has 1 aromatic rings. The van der Waals surface area contributed by atoms with Gasteiger partial charge in [0.1, 0.15) is 5.82 Å². The van der Waals surface area contributed by atoms with Crippen molar-refractivity contribution in [2.75, 3.05) is 18.1 Å². The predicted molar refractivity (Wildman–Crippen MR) is 69.4 cm³/mol. The first-order chi connectivity index (χ1) is 7.26. The molecule has 1 heterocycles. The van der Waals surface area contributed by atoms with E-state index in [1.165, 1.54) is 17.7 Å². The van der Waals surface area contributed by atoms with Crippen LogP contribution in [0, 0.1) is 5.92 Å². The molecule has 0 spiro atoms. The van der Waals surface area contributed by atoms with Crippen molar-refractivity contribution < 1.29 is 0 Å². The zero-order chi connectivity index (χ0) is 11.1. The highest BCUT2D eigenvalue weighted by Crippen LogP contribution is 2.18.